The molecule has 1 aliphatic heterocycles. The molecule has 0 unspecified atom stereocenters. The highest BCUT2D eigenvalue weighted by Gasteiger charge is 2.24. The Hall–Kier alpha value is -1.36. The molecule has 0 atom stereocenters. The van der Waals surface area contributed by atoms with Crippen LogP contribution in [0.1, 0.15) is 38.8 Å². The molecule has 0 aromatic carbocycles. The fourth-order valence-corrected chi connectivity index (χ4v) is 3.46. The Morgan fingerprint density at radius 2 is 2.05 bits per heavy atom. The number of anilines is 1. The summed E-state index contributed by atoms with van der Waals surface area (Å²) < 4.78 is 0. The lowest BCUT2D eigenvalue weighted by molar-refractivity contribution is -0.127. The fourth-order valence-electron chi connectivity index (χ4n) is 2.60. The standard InChI is InChI=1S/C16H25N3OS/c1-4-6-14(7-5-2)15(20)18-8-10-19(11-9-18)16-17-13(3)12-21-16/h6,12H,4-5,7-11H2,1-3H3/b14-6-. The van der Waals surface area contributed by atoms with Crippen LogP contribution >= 0.6 is 11.3 Å². The van der Waals surface area contributed by atoms with E-state index >= 15 is 0 Å². The van der Waals surface area contributed by atoms with Crippen molar-refractivity contribution >= 4 is 22.4 Å². The number of piperazine rings is 1. The monoisotopic (exact) mass is 307 g/mol. The smallest absolute Gasteiger partial charge is 0.249 e. The van der Waals surface area contributed by atoms with Gasteiger partial charge in [0.25, 0.3) is 0 Å². The van der Waals surface area contributed by atoms with Gasteiger partial charge >= 0.3 is 0 Å². The molecule has 1 saturated heterocycles. The van der Waals surface area contributed by atoms with Crippen molar-refractivity contribution in [3.8, 4) is 0 Å². The number of allylic oxidation sites excluding steroid dienone is 1. The van der Waals surface area contributed by atoms with Gasteiger partial charge in [0.15, 0.2) is 5.13 Å². The third-order valence-electron chi connectivity index (χ3n) is 3.69. The van der Waals surface area contributed by atoms with Crippen molar-refractivity contribution in [3.05, 3.63) is 22.7 Å². The van der Waals surface area contributed by atoms with Crippen LogP contribution < -0.4 is 4.90 Å². The predicted molar refractivity (Wildman–Crippen MR) is 88.9 cm³/mol. The van der Waals surface area contributed by atoms with Crippen LogP contribution in [0.15, 0.2) is 17.0 Å². The molecule has 1 aromatic heterocycles. The van der Waals surface area contributed by atoms with Crippen LogP contribution in [0, 0.1) is 6.92 Å². The van der Waals surface area contributed by atoms with Gasteiger partial charge in [0.2, 0.25) is 5.91 Å². The molecule has 0 saturated carbocycles. The first-order chi connectivity index (χ1) is 10.2. The molecule has 5 heteroatoms. The predicted octanol–water partition coefficient (Wildman–Crippen LogP) is 3.24. The van der Waals surface area contributed by atoms with Gasteiger partial charge in [0, 0.05) is 37.1 Å². The summed E-state index contributed by atoms with van der Waals surface area (Å²) >= 11 is 1.69. The van der Waals surface area contributed by atoms with E-state index in [0.29, 0.717) is 0 Å². The summed E-state index contributed by atoms with van der Waals surface area (Å²) in [5.41, 5.74) is 2.06. The van der Waals surface area contributed by atoms with E-state index < -0.39 is 0 Å². The van der Waals surface area contributed by atoms with Crippen molar-refractivity contribution in [1.82, 2.24) is 9.88 Å². The number of hydrogen-bond acceptors (Lipinski definition) is 4. The Kier molecular flexibility index (Phi) is 5.79. The zero-order chi connectivity index (χ0) is 15.2. The van der Waals surface area contributed by atoms with E-state index in [4.69, 9.17) is 0 Å². The Labute approximate surface area is 131 Å². The zero-order valence-corrected chi connectivity index (χ0v) is 14.1. The van der Waals surface area contributed by atoms with E-state index in [9.17, 15) is 4.79 Å². The molecule has 1 aromatic rings. The average molecular weight is 307 g/mol. The van der Waals surface area contributed by atoms with Gasteiger partial charge in [-0.15, -0.1) is 11.3 Å². The summed E-state index contributed by atoms with van der Waals surface area (Å²) in [6.07, 6.45) is 4.93. The molecule has 21 heavy (non-hydrogen) atoms. The van der Waals surface area contributed by atoms with Crippen LogP contribution in [0.2, 0.25) is 0 Å². The van der Waals surface area contributed by atoms with E-state index in [2.05, 4.69) is 35.2 Å². The molecule has 0 N–H and O–H groups in total. The number of rotatable bonds is 5. The first-order valence-electron chi connectivity index (χ1n) is 7.81. The zero-order valence-electron chi connectivity index (χ0n) is 13.3. The molecule has 0 radical (unpaired) electrons. The van der Waals surface area contributed by atoms with Gasteiger partial charge in [0.05, 0.1) is 5.69 Å². The molecule has 1 aliphatic rings. The van der Waals surface area contributed by atoms with Crippen molar-refractivity contribution in [2.24, 2.45) is 0 Å². The highest BCUT2D eigenvalue weighted by atomic mass is 32.1. The van der Waals surface area contributed by atoms with Gasteiger partial charge in [0.1, 0.15) is 0 Å². The molecule has 1 fully saturated rings. The maximum atomic E-state index is 12.6. The quantitative estimate of drug-likeness (QED) is 0.784. The molecule has 2 heterocycles. The largest absolute Gasteiger partial charge is 0.345 e. The van der Waals surface area contributed by atoms with E-state index in [1.54, 1.807) is 11.3 Å². The molecule has 0 spiro atoms. The normalized spacial score (nSPS) is 16.4. The SMILES string of the molecule is CC/C=C(/CCC)C(=O)N1CCN(c2nc(C)cs2)CC1. The Balaban J connectivity index is 1.93. The summed E-state index contributed by atoms with van der Waals surface area (Å²) in [5.74, 6) is 0.230. The van der Waals surface area contributed by atoms with Crippen molar-refractivity contribution in [2.45, 2.75) is 40.0 Å². The lowest BCUT2D eigenvalue weighted by Crippen LogP contribution is -2.49. The van der Waals surface area contributed by atoms with Gasteiger partial charge in [-0.1, -0.05) is 26.3 Å². The first kappa shape index (κ1) is 16.0. The second kappa shape index (κ2) is 7.59. The second-order valence-corrected chi connectivity index (χ2v) is 6.27. The van der Waals surface area contributed by atoms with Crippen molar-refractivity contribution in [2.75, 3.05) is 31.1 Å². The van der Waals surface area contributed by atoms with Crippen LogP contribution in [0.25, 0.3) is 0 Å². The Morgan fingerprint density at radius 3 is 2.57 bits per heavy atom. The number of nitrogens with zero attached hydrogens (tertiary/aromatic N) is 3. The topological polar surface area (TPSA) is 36.4 Å². The molecule has 1 amide bonds. The number of thiazole rings is 1. The van der Waals surface area contributed by atoms with Crippen LogP contribution in [0.3, 0.4) is 0 Å². The molecule has 4 nitrogen and oxygen atoms in total. The number of carbonyl (C=O) groups is 1. The number of hydrogen-bond donors (Lipinski definition) is 0. The highest BCUT2D eigenvalue weighted by molar-refractivity contribution is 7.13. The van der Waals surface area contributed by atoms with Gasteiger partial charge in [-0.2, -0.15) is 0 Å². The second-order valence-electron chi connectivity index (χ2n) is 5.44. The van der Waals surface area contributed by atoms with Crippen LogP contribution in [-0.4, -0.2) is 42.0 Å². The lowest BCUT2D eigenvalue weighted by Gasteiger charge is -2.35. The first-order valence-corrected chi connectivity index (χ1v) is 8.69. The maximum absolute atomic E-state index is 12.6. The molecular formula is C16H25N3OS. The fraction of sp³-hybridized carbons (Fsp3) is 0.625. The minimum absolute atomic E-state index is 0.230. The summed E-state index contributed by atoms with van der Waals surface area (Å²) in [5, 5.41) is 3.16. The summed E-state index contributed by atoms with van der Waals surface area (Å²) in [6, 6.07) is 0. The van der Waals surface area contributed by atoms with Gasteiger partial charge < -0.3 is 9.80 Å². The van der Waals surface area contributed by atoms with E-state index in [-0.39, 0.29) is 5.91 Å². The molecular weight excluding hydrogens is 282 g/mol. The van der Waals surface area contributed by atoms with Crippen molar-refractivity contribution in [3.63, 3.8) is 0 Å². The average Bonchev–Trinajstić information content (AvgIpc) is 2.93. The van der Waals surface area contributed by atoms with Crippen molar-refractivity contribution in [1.29, 1.82) is 0 Å². The van der Waals surface area contributed by atoms with Gasteiger partial charge in [-0.3, -0.25) is 4.79 Å². The van der Waals surface area contributed by atoms with E-state index in [1.807, 2.05) is 11.8 Å². The number of aromatic nitrogens is 1. The van der Waals surface area contributed by atoms with Crippen LogP contribution in [0.5, 0.6) is 0 Å². The van der Waals surface area contributed by atoms with Crippen LogP contribution in [-0.2, 0) is 4.79 Å². The highest BCUT2D eigenvalue weighted by Crippen LogP contribution is 2.22. The molecule has 0 aliphatic carbocycles. The van der Waals surface area contributed by atoms with Crippen LogP contribution in [0.4, 0.5) is 5.13 Å². The van der Waals surface area contributed by atoms with E-state index in [1.165, 1.54) is 0 Å². The Bertz CT molecular complexity index is 501. The summed E-state index contributed by atoms with van der Waals surface area (Å²) in [6.45, 7) is 9.58. The molecule has 0 bridgehead atoms. The lowest BCUT2D eigenvalue weighted by atomic mass is 10.1. The maximum Gasteiger partial charge on any atom is 0.249 e. The minimum Gasteiger partial charge on any atom is -0.345 e. The summed E-state index contributed by atoms with van der Waals surface area (Å²) in [4.78, 5) is 21.4. The van der Waals surface area contributed by atoms with Gasteiger partial charge in [-0.05, 0) is 19.8 Å². The number of amides is 1. The summed E-state index contributed by atoms with van der Waals surface area (Å²) in [7, 11) is 0. The number of aryl methyl sites for hydroxylation is 1. The third kappa shape index (κ3) is 4.06. The third-order valence-corrected chi connectivity index (χ3v) is 4.71. The number of carbonyl (C=O) groups excluding carboxylic acids is 1. The molecule has 2 rings (SSSR count). The molecule has 116 valence electrons. The van der Waals surface area contributed by atoms with Crippen molar-refractivity contribution < 1.29 is 4.79 Å². The minimum atomic E-state index is 0.230. The Morgan fingerprint density at radius 1 is 1.33 bits per heavy atom. The van der Waals surface area contributed by atoms with Gasteiger partial charge in [-0.25, -0.2) is 4.98 Å². The van der Waals surface area contributed by atoms with E-state index in [0.717, 1.165) is 61.8 Å².